The number of aromatic nitrogens is 2. The largest absolute Gasteiger partial charge is 0.462 e. The second kappa shape index (κ2) is 3.73. The highest BCUT2D eigenvalue weighted by atomic mass is 32.1. The molecule has 3 rings (SSSR count). The molecule has 0 amide bonds. The molecule has 80 valence electrons. The van der Waals surface area contributed by atoms with Gasteiger partial charge in [-0.25, -0.2) is 9.97 Å². The maximum Gasteiger partial charge on any atom is 0.180 e. The fourth-order valence-corrected chi connectivity index (χ4v) is 2.65. The van der Waals surface area contributed by atoms with Crippen molar-refractivity contribution in [3.05, 3.63) is 29.2 Å². The summed E-state index contributed by atoms with van der Waals surface area (Å²) in [5.74, 6) is 0.777. The third-order valence-electron chi connectivity index (χ3n) is 2.02. The van der Waals surface area contributed by atoms with Gasteiger partial charge in [-0.3, -0.25) is 0 Å². The molecule has 6 heteroatoms. The van der Waals surface area contributed by atoms with Gasteiger partial charge in [0.15, 0.2) is 15.9 Å². The Bertz CT molecular complexity index is 597. The second-order valence-corrected chi connectivity index (χ2v) is 4.83. The lowest BCUT2D eigenvalue weighted by Crippen LogP contribution is -1.83. The number of nitrogen functional groups attached to an aromatic ring is 1. The normalized spacial score (nSPS) is 10.8. The molecule has 0 aliphatic heterocycles. The van der Waals surface area contributed by atoms with E-state index in [1.807, 2.05) is 22.9 Å². The van der Waals surface area contributed by atoms with Gasteiger partial charge < -0.3 is 10.2 Å². The Morgan fingerprint density at radius 1 is 1.12 bits per heavy atom. The first kappa shape index (κ1) is 9.56. The summed E-state index contributed by atoms with van der Waals surface area (Å²) in [4.78, 5) is 8.64. The Hall–Kier alpha value is -1.66. The van der Waals surface area contributed by atoms with Crippen LogP contribution in [0.4, 0.5) is 5.13 Å². The number of hydrogen-bond donors (Lipinski definition) is 1. The first-order valence-corrected chi connectivity index (χ1v) is 6.29. The summed E-state index contributed by atoms with van der Waals surface area (Å²) in [7, 11) is 0. The number of thiazole rings is 2. The molecule has 0 aliphatic rings. The van der Waals surface area contributed by atoms with Gasteiger partial charge in [0.1, 0.15) is 11.4 Å². The smallest absolute Gasteiger partial charge is 0.180 e. The minimum atomic E-state index is 0.558. The second-order valence-electron chi connectivity index (χ2n) is 3.09. The van der Waals surface area contributed by atoms with E-state index in [0.29, 0.717) is 5.13 Å². The van der Waals surface area contributed by atoms with Crippen molar-refractivity contribution < 1.29 is 4.42 Å². The minimum absolute atomic E-state index is 0.558. The van der Waals surface area contributed by atoms with Gasteiger partial charge in [-0.1, -0.05) is 0 Å². The van der Waals surface area contributed by atoms with Crippen molar-refractivity contribution in [1.82, 2.24) is 9.97 Å². The van der Waals surface area contributed by atoms with E-state index in [4.69, 9.17) is 10.2 Å². The number of hydrogen-bond acceptors (Lipinski definition) is 6. The molecule has 3 heterocycles. The molecule has 0 radical (unpaired) electrons. The molecule has 0 aromatic carbocycles. The zero-order valence-electron chi connectivity index (χ0n) is 8.08. The molecule has 0 aliphatic carbocycles. The average Bonchev–Trinajstić information content (AvgIpc) is 2.97. The fraction of sp³-hybridized carbons (Fsp3) is 0. The van der Waals surface area contributed by atoms with E-state index < -0.39 is 0 Å². The fourth-order valence-electron chi connectivity index (χ4n) is 1.31. The summed E-state index contributed by atoms with van der Waals surface area (Å²) in [6, 6.07) is 3.73. The van der Waals surface area contributed by atoms with Crippen molar-refractivity contribution in [1.29, 1.82) is 0 Å². The highest BCUT2D eigenvalue weighted by Gasteiger charge is 2.10. The molecule has 3 aromatic rings. The Morgan fingerprint density at radius 2 is 1.94 bits per heavy atom. The third-order valence-corrected chi connectivity index (χ3v) is 3.55. The minimum Gasteiger partial charge on any atom is -0.462 e. The molecular weight excluding hydrogens is 242 g/mol. The molecule has 0 fully saturated rings. The maximum absolute atomic E-state index is 5.58. The Morgan fingerprint density at radius 3 is 2.62 bits per heavy atom. The zero-order chi connectivity index (χ0) is 11.0. The summed E-state index contributed by atoms with van der Waals surface area (Å²) >= 11 is 2.94. The SMILES string of the molecule is Nc1nc(-c2csc(-c3ccco3)n2)cs1. The van der Waals surface area contributed by atoms with Gasteiger partial charge in [0, 0.05) is 10.8 Å². The lowest BCUT2D eigenvalue weighted by Gasteiger charge is -1.88. The van der Waals surface area contributed by atoms with Crippen molar-refractivity contribution >= 4 is 27.8 Å². The molecule has 0 saturated carbocycles. The summed E-state index contributed by atoms with van der Waals surface area (Å²) in [6.45, 7) is 0. The van der Waals surface area contributed by atoms with Crippen LogP contribution in [-0.4, -0.2) is 9.97 Å². The maximum atomic E-state index is 5.58. The van der Waals surface area contributed by atoms with Gasteiger partial charge in [-0.2, -0.15) is 0 Å². The topological polar surface area (TPSA) is 64.9 Å². The number of nitrogens with two attached hydrogens (primary N) is 1. The predicted octanol–water partition coefficient (Wildman–Crippen LogP) is 3.11. The van der Waals surface area contributed by atoms with Crippen LogP contribution in [0.1, 0.15) is 0 Å². The van der Waals surface area contributed by atoms with Crippen LogP contribution < -0.4 is 5.73 Å². The molecule has 0 spiro atoms. The van der Waals surface area contributed by atoms with E-state index in [9.17, 15) is 0 Å². The van der Waals surface area contributed by atoms with Crippen LogP contribution in [0.5, 0.6) is 0 Å². The highest BCUT2D eigenvalue weighted by molar-refractivity contribution is 7.14. The van der Waals surface area contributed by atoms with Crippen molar-refractivity contribution in [3.8, 4) is 22.2 Å². The van der Waals surface area contributed by atoms with Crippen molar-refractivity contribution in [2.45, 2.75) is 0 Å². The van der Waals surface area contributed by atoms with Crippen LogP contribution in [0, 0.1) is 0 Å². The molecule has 2 N–H and O–H groups in total. The lowest BCUT2D eigenvalue weighted by molar-refractivity contribution is 0.582. The van der Waals surface area contributed by atoms with E-state index in [2.05, 4.69) is 9.97 Å². The van der Waals surface area contributed by atoms with Crippen molar-refractivity contribution in [3.63, 3.8) is 0 Å². The quantitative estimate of drug-likeness (QED) is 0.758. The number of rotatable bonds is 2. The summed E-state index contributed by atoms with van der Waals surface area (Å²) < 4.78 is 5.28. The molecule has 3 aromatic heterocycles. The van der Waals surface area contributed by atoms with Gasteiger partial charge in [0.05, 0.1) is 6.26 Å². The first-order chi connectivity index (χ1) is 7.83. The summed E-state index contributed by atoms with van der Waals surface area (Å²) in [6.07, 6.45) is 1.64. The molecule has 4 nitrogen and oxygen atoms in total. The van der Waals surface area contributed by atoms with Crippen molar-refractivity contribution in [2.75, 3.05) is 5.73 Å². The van der Waals surface area contributed by atoms with Gasteiger partial charge in [-0.15, -0.1) is 22.7 Å². The third kappa shape index (κ3) is 1.62. The van der Waals surface area contributed by atoms with E-state index in [1.54, 1.807) is 6.26 Å². The van der Waals surface area contributed by atoms with Crippen LogP contribution in [-0.2, 0) is 0 Å². The average molecular weight is 249 g/mol. The van der Waals surface area contributed by atoms with Crippen LogP contribution in [0.2, 0.25) is 0 Å². The molecular formula is C10H7N3OS2. The molecule has 0 atom stereocenters. The molecule has 0 bridgehead atoms. The predicted molar refractivity (Wildman–Crippen MR) is 65.3 cm³/mol. The van der Waals surface area contributed by atoms with Gasteiger partial charge >= 0.3 is 0 Å². The molecule has 0 unspecified atom stereocenters. The van der Waals surface area contributed by atoms with Crippen LogP contribution >= 0.6 is 22.7 Å². The monoisotopic (exact) mass is 249 g/mol. The van der Waals surface area contributed by atoms with Gasteiger partial charge in [-0.05, 0) is 12.1 Å². The first-order valence-electron chi connectivity index (χ1n) is 4.54. The van der Waals surface area contributed by atoms with Crippen LogP contribution in [0.3, 0.4) is 0 Å². The van der Waals surface area contributed by atoms with E-state index in [0.717, 1.165) is 22.2 Å². The number of furan rings is 1. The van der Waals surface area contributed by atoms with Crippen LogP contribution in [0.15, 0.2) is 33.6 Å². The Kier molecular flexibility index (Phi) is 2.23. The van der Waals surface area contributed by atoms with Crippen molar-refractivity contribution in [2.24, 2.45) is 0 Å². The lowest BCUT2D eigenvalue weighted by atomic mass is 10.4. The van der Waals surface area contributed by atoms with Crippen LogP contribution in [0.25, 0.3) is 22.2 Å². The molecule has 16 heavy (non-hydrogen) atoms. The standard InChI is InChI=1S/C10H7N3OS2/c11-10-13-7(5-16-10)6-4-15-9(12-6)8-2-1-3-14-8/h1-5H,(H2,11,13). The Balaban J connectivity index is 2.00. The van der Waals surface area contributed by atoms with E-state index in [1.165, 1.54) is 22.7 Å². The zero-order valence-corrected chi connectivity index (χ0v) is 9.72. The Labute approximate surface area is 99.4 Å². The highest BCUT2D eigenvalue weighted by Crippen LogP contribution is 2.29. The van der Waals surface area contributed by atoms with Gasteiger partial charge in [0.25, 0.3) is 0 Å². The number of nitrogens with zero attached hydrogens (tertiary/aromatic N) is 2. The summed E-state index contributed by atoms with van der Waals surface area (Å²) in [5.41, 5.74) is 7.24. The number of anilines is 1. The molecule has 0 saturated heterocycles. The van der Waals surface area contributed by atoms with E-state index in [-0.39, 0.29) is 0 Å². The van der Waals surface area contributed by atoms with E-state index >= 15 is 0 Å². The summed E-state index contributed by atoms with van der Waals surface area (Å²) in [5, 5.41) is 5.26. The van der Waals surface area contributed by atoms with Gasteiger partial charge in [0.2, 0.25) is 0 Å².